The fourth-order valence-electron chi connectivity index (χ4n) is 1.16. The molecule has 0 heterocycles. The normalized spacial score (nSPS) is 9.76. The molecule has 0 fully saturated rings. The van der Waals surface area contributed by atoms with Gasteiger partial charge in [-0.25, -0.2) is 4.79 Å². The van der Waals surface area contributed by atoms with Crippen LogP contribution < -0.4 is 10.5 Å². The fourth-order valence-corrected chi connectivity index (χ4v) is 1.49. The SMILES string of the molecule is CCOC(=O)COc1cc(Cl)ccc1C(N)=S. The Labute approximate surface area is 110 Å². The Morgan fingerprint density at radius 2 is 2.24 bits per heavy atom. The summed E-state index contributed by atoms with van der Waals surface area (Å²) in [6.45, 7) is 1.82. The highest BCUT2D eigenvalue weighted by Gasteiger charge is 2.10. The number of thiocarbonyl (C=S) groups is 1. The van der Waals surface area contributed by atoms with Gasteiger partial charge in [0.15, 0.2) is 6.61 Å². The molecule has 0 unspecified atom stereocenters. The van der Waals surface area contributed by atoms with Crippen LogP contribution in [0.1, 0.15) is 12.5 Å². The summed E-state index contributed by atoms with van der Waals surface area (Å²) in [7, 11) is 0. The van der Waals surface area contributed by atoms with Gasteiger partial charge in [-0.15, -0.1) is 0 Å². The summed E-state index contributed by atoms with van der Waals surface area (Å²) in [6, 6.07) is 4.84. The molecule has 1 rings (SSSR count). The van der Waals surface area contributed by atoms with E-state index >= 15 is 0 Å². The van der Waals surface area contributed by atoms with Crippen LogP contribution in [0.2, 0.25) is 5.02 Å². The maximum atomic E-state index is 11.1. The van der Waals surface area contributed by atoms with Gasteiger partial charge >= 0.3 is 5.97 Å². The summed E-state index contributed by atoms with van der Waals surface area (Å²) in [5.74, 6) is -0.0839. The molecule has 0 saturated carbocycles. The number of rotatable bonds is 5. The molecule has 0 aliphatic heterocycles. The molecule has 0 aromatic heterocycles. The molecule has 0 bridgehead atoms. The van der Waals surface area contributed by atoms with Crippen molar-refractivity contribution >= 4 is 34.8 Å². The Balaban J connectivity index is 2.78. The van der Waals surface area contributed by atoms with Crippen LogP contribution in [0.15, 0.2) is 18.2 Å². The van der Waals surface area contributed by atoms with Crippen LogP contribution in [-0.2, 0) is 9.53 Å². The van der Waals surface area contributed by atoms with E-state index in [1.54, 1.807) is 25.1 Å². The van der Waals surface area contributed by atoms with Crippen molar-refractivity contribution in [2.75, 3.05) is 13.2 Å². The maximum absolute atomic E-state index is 11.1. The molecule has 4 nitrogen and oxygen atoms in total. The molecule has 0 spiro atoms. The molecule has 1 aromatic rings. The van der Waals surface area contributed by atoms with Crippen LogP contribution >= 0.6 is 23.8 Å². The van der Waals surface area contributed by atoms with Crippen LogP contribution in [0.4, 0.5) is 0 Å². The van der Waals surface area contributed by atoms with Gasteiger partial charge < -0.3 is 15.2 Å². The molecular weight excluding hydrogens is 262 g/mol. The second-order valence-electron chi connectivity index (χ2n) is 3.10. The lowest BCUT2D eigenvalue weighted by atomic mass is 10.2. The average molecular weight is 274 g/mol. The number of hydrogen-bond donors (Lipinski definition) is 1. The van der Waals surface area contributed by atoms with Crippen LogP contribution in [0.25, 0.3) is 0 Å². The zero-order valence-electron chi connectivity index (χ0n) is 9.23. The summed E-state index contributed by atoms with van der Waals surface area (Å²) in [6.07, 6.45) is 0. The van der Waals surface area contributed by atoms with Gasteiger partial charge in [0.1, 0.15) is 10.7 Å². The fraction of sp³-hybridized carbons (Fsp3) is 0.273. The number of carbonyl (C=O) groups is 1. The van der Waals surface area contributed by atoms with Crippen LogP contribution in [0.5, 0.6) is 5.75 Å². The zero-order chi connectivity index (χ0) is 12.8. The Kier molecular flexibility index (Phi) is 5.18. The first-order chi connectivity index (χ1) is 8.04. The third-order valence-electron chi connectivity index (χ3n) is 1.86. The van der Waals surface area contributed by atoms with E-state index in [2.05, 4.69) is 0 Å². The van der Waals surface area contributed by atoms with Crippen molar-refractivity contribution in [2.45, 2.75) is 6.92 Å². The van der Waals surface area contributed by atoms with Crippen molar-refractivity contribution in [2.24, 2.45) is 5.73 Å². The number of carbonyl (C=O) groups excluding carboxylic acids is 1. The van der Waals surface area contributed by atoms with Crippen molar-refractivity contribution < 1.29 is 14.3 Å². The van der Waals surface area contributed by atoms with Crippen molar-refractivity contribution in [3.8, 4) is 5.75 Å². The van der Waals surface area contributed by atoms with Gasteiger partial charge in [0.2, 0.25) is 0 Å². The van der Waals surface area contributed by atoms with Crippen LogP contribution in [-0.4, -0.2) is 24.2 Å². The van der Waals surface area contributed by atoms with E-state index in [0.717, 1.165) is 0 Å². The van der Waals surface area contributed by atoms with Crippen LogP contribution in [0.3, 0.4) is 0 Å². The van der Waals surface area contributed by atoms with Gasteiger partial charge in [-0.1, -0.05) is 23.8 Å². The predicted molar refractivity (Wildman–Crippen MR) is 69.5 cm³/mol. The van der Waals surface area contributed by atoms with Gasteiger partial charge in [0.05, 0.1) is 12.2 Å². The van der Waals surface area contributed by atoms with Crippen molar-refractivity contribution in [1.29, 1.82) is 0 Å². The van der Waals surface area contributed by atoms with Crippen molar-refractivity contribution in [1.82, 2.24) is 0 Å². The molecule has 0 saturated heterocycles. The summed E-state index contributed by atoms with van der Waals surface area (Å²) in [5.41, 5.74) is 6.06. The second-order valence-corrected chi connectivity index (χ2v) is 3.97. The first kappa shape index (κ1) is 13.7. The first-order valence-corrected chi connectivity index (χ1v) is 5.71. The minimum absolute atomic E-state index is 0.181. The van der Waals surface area contributed by atoms with Gasteiger partial charge in [0.25, 0.3) is 0 Å². The molecule has 0 amide bonds. The lowest BCUT2D eigenvalue weighted by Crippen LogP contribution is -2.17. The molecular formula is C11H12ClNO3S. The lowest BCUT2D eigenvalue weighted by molar-refractivity contribution is -0.145. The highest BCUT2D eigenvalue weighted by atomic mass is 35.5. The monoisotopic (exact) mass is 273 g/mol. The van der Waals surface area contributed by atoms with Crippen molar-refractivity contribution in [3.63, 3.8) is 0 Å². The summed E-state index contributed by atoms with van der Waals surface area (Å²) < 4.78 is 10.0. The number of halogens is 1. The Morgan fingerprint density at radius 1 is 1.53 bits per heavy atom. The number of esters is 1. The molecule has 6 heteroatoms. The molecule has 1 aromatic carbocycles. The van der Waals surface area contributed by atoms with Gasteiger partial charge in [0, 0.05) is 5.02 Å². The molecule has 0 aliphatic carbocycles. The Morgan fingerprint density at radius 3 is 2.82 bits per heavy atom. The maximum Gasteiger partial charge on any atom is 0.344 e. The molecule has 0 atom stereocenters. The highest BCUT2D eigenvalue weighted by molar-refractivity contribution is 7.80. The number of benzene rings is 1. The highest BCUT2D eigenvalue weighted by Crippen LogP contribution is 2.23. The smallest absolute Gasteiger partial charge is 0.344 e. The van der Waals surface area contributed by atoms with E-state index in [0.29, 0.717) is 22.9 Å². The Bertz CT molecular complexity index is 437. The van der Waals surface area contributed by atoms with Gasteiger partial charge in [-0.2, -0.15) is 0 Å². The van der Waals surface area contributed by atoms with Gasteiger partial charge in [-0.3, -0.25) is 0 Å². The molecule has 92 valence electrons. The van der Waals surface area contributed by atoms with Gasteiger partial charge in [-0.05, 0) is 25.1 Å². The largest absolute Gasteiger partial charge is 0.481 e. The van der Waals surface area contributed by atoms with E-state index < -0.39 is 5.97 Å². The number of ether oxygens (including phenoxy) is 2. The summed E-state index contributed by atoms with van der Waals surface area (Å²) in [5, 5.41) is 0.476. The molecule has 17 heavy (non-hydrogen) atoms. The third-order valence-corrected chi connectivity index (χ3v) is 2.31. The third kappa shape index (κ3) is 4.20. The molecule has 0 radical (unpaired) electrons. The minimum Gasteiger partial charge on any atom is -0.481 e. The number of nitrogens with two attached hydrogens (primary N) is 1. The molecule has 0 aliphatic rings. The van der Waals surface area contributed by atoms with E-state index in [1.165, 1.54) is 0 Å². The van der Waals surface area contributed by atoms with Crippen LogP contribution in [0, 0.1) is 0 Å². The summed E-state index contributed by atoms with van der Waals surface area (Å²) in [4.78, 5) is 11.3. The number of hydrogen-bond acceptors (Lipinski definition) is 4. The molecule has 2 N–H and O–H groups in total. The van der Waals surface area contributed by atoms with Crippen molar-refractivity contribution in [3.05, 3.63) is 28.8 Å². The predicted octanol–water partition coefficient (Wildman–Crippen LogP) is 1.92. The van der Waals surface area contributed by atoms with E-state index in [1.807, 2.05) is 0 Å². The standard InChI is InChI=1S/C11H12ClNO3S/c1-2-15-10(14)6-16-9-5-7(12)3-4-8(9)11(13)17/h3-5H,2,6H2,1H3,(H2,13,17). The first-order valence-electron chi connectivity index (χ1n) is 4.92. The average Bonchev–Trinajstić information content (AvgIpc) is 2.26. The second kappa shape index (κ2) is 6.42. The Hall–Kier alpha value is -1.33. The van der Waals surface area contributed by atoms with E-state index in [4.69, 9.17) is 39.0 Å². The minimum atomic E-state index is -0.457. The zero-order valence-corrected chi connectivity index (χ0v) is 10.8. The topological polar surface area (TPSA) is 61.5 Å². The lowest BCUT2D eigenvalue weighted by Gasteiger charge is -2.10. The van der Waals surface area contributed by atoms with E-state index in [-0.39, 0.29) is 11.6 Å². The quantitative estimate of drug-likeness (QED) is 0.656. The van der Waals surface area contributed by atoms with E-state index in [9.17, 15) is 4.79 Å². The summed E-state index contributed by atoms with van der Waals surface area (Å²) >= 11 is 10.7.